The van der Waals surface area contributed by atoms with Crippen molar-refractivity contribution in [2.24, 2.45) is 0 Å². The summed E-state index contributed by atoms with van der Waals surface area (Å²) in [4.78, 5) is 11.3. The van der Waals surface area contributed by atoms with Crippen LogP contribution in [-0.2, 0) is 14.1 Å². The lowest BCUT2D eigenvalue weighted by Crippen LogP contribution is -2.41. The topological polar surface area (TPSA) is 97.4 Å². The second-order valence-electron chi connectivity index (χ2n) is 7.18. The number of nitriles is 1. The number of hydrogen-bond acceptors (Lipinski definition) is 5. The molecule has 2 rings (SSSR count). The molecule has 3 N–H and O–H groups in total. The second-order valence-corrected chi connectivity index (χ2v) is 7.18. The summed E-state index contributed by atoms with van der Waals surface area (Å²) in [6.07, 6.45) is 1.86. The zero-order valence-corrected chi connectivity index (χ0v) is 15.3. The largest absolute Gasteiger partial charge is 0.492 e. The third kappa shape index (κ3) is 4.22. The Morgan fingerprint density at radius 3 is 2.44 bits per heavy atom. The molecule has 0 aromatic heterocycles. The predicted octanol–water partition coefficient (Wildman–Crippen LogP) is 2.29. The Kier molecular flexibility index (Phi) is 5.26. The highest BCUT2D eigenvalue weighted by molar-refractivity contribution is 6.56. The van der Waals surface area contributed by atoms with Crippen molar-refractivity contribution >= 4 is 24.8 Å². The lowest BCUT2D eigenvalue weighted by molar-refractivity contribution is -0.118. The van der Waals surface area contributed by atoms with Crippen molar-refractivity contribution in [3.05, 3.63) is 34.8 Å². The Morgan fingerprint density at radius 2 is 1.92 bits per heavy atom. The minimum atomic E-state index is -0.583. The number of nitrogens with two attached hydrogens (primary N) is 1. The SMILES string of the molecule is CC(=O)NCC(=Cc1ccc(N)c(C#N)c1)B1OC(C)(C)C(C)(C)O1. The number of benzene rings is 1. The summed E-state index contributed by atoms with van der Waals surface area (Å²) in [6.45, 7) is 9.64. The van der Waals surface area contributed by atoms with Crippen LogP contribution in [0.4, 0.5) is 5.69 Å². The molecule has 1 fully saturated rings. The van der Waals surface area contributed by atoms with Crippen molar-refractivity contribution in [2.75, 3.05) is 12.3 Å². The summed E-state index contributed by atoms with van der Waals surface area (Å²) in [6, 6.07) is 7.27. The fourth-order valence-corrected chi connectivity index (χ4v) is 2.40. The highest BCUT2D eigenvalue weighted by atomic mass is 16.7. The van der Waals surface area contributed by atoms with E-state index in [0.717, 1.165) is 11.0 Å². The van der Waals surface area contributed by atoms with Crippen LogP contribution in [-0.4, -0.2) is 30.8 Å². The number of carbonyl (C=O) groups is 1. The van der Waals surface area contributed by atoms with E-state index < -0.39 is 18.3 Å². The van der Waals surface area contributed by atoms with Crippen molar-refractivity contribution in [2.45, 2.75) is 45.8 Å². The number of rotatable bonds is 4. The van der Waals surface area contributed by atoms with Gasteiger partial charge in [-0.3, -0.25) is 4.79 Å². The molecule has 132 valence electrons. The highest BCUT2D eigenvalue weighted by Crippen LogP contribution is 2.38. The molecule has 0 spiro atoms. The fourth-order valence-electron chi connectivity index (χ4n) is 2.40. The van der Waals surface area contributed by atoms with E-state index in [1.807, 2.05) is 39.8 Å². The molecular formula is C18H24BN3O3. The normalized spacial score (nSPS) is 18.7. The molecule has 1 amide bonds. The molecule has 0 aliphatic carbocycles. The minimum absolute atomic E-state index is 0.141. The fraction of sp³-hybridized carbons (Fsp3) is 0.444. The van der Waals surface area contributed by atoms with Crippen LogP contribution in [0, 0.1) is 11.3 Å². The minimum Gasteiger partial charge on any atom is -0.400 e. The number of nitrogen functional groups attached to an aromatic ring is 1. The van der Waals surface area contributed by atoms with Crippen LogP contribution in [0.5, 0.6) is 0 Å². The molecule has 1 aliphatic heterocycles. The number of anilines is 1. The van der Waals surface area contributed by atoms with Gasteiger partial charge < -0.3 is 20.4 Å². The van der Waals surface area contributed by atoms with Crippen LogP contribution in [0.3, 0.4) is 0 Å². The van der Waals surface area contributed by atoms with Gasteiger partial charge in [0.1, 0.15) is 6.07 Å². The number of hydrogen-bond donors (Lipinski definition) is 2. The molecule has 0 atom stereocenters. The van der Waals surface area contributed by atoms with Gasteiger partial charge in [0.05, 0.1) is 16.8 Å². The Bertz CT molecular complexity index is 734. The Morgan fingerprint density at radius 1 is 1.32 bits per heavy atom. The monoisotopic (exact) mass is 341 g/mol. The maximum atomic E-state index is 11.3. The molecule has 1 aromatic carbocycles. The molecule has 7 heteroatoms. The first-order valence-electron chi connectivity index (χ1n) is 8.16. The highest BCUT2D eigenvalue weighted by Gasteiger charge is 2.52. The van der Waals surface area contributed by atoms with Gasteiger partial charge in [-0.05, 0) is 50.9 Å². The van der Waals surface area contributed by atoms with Crippen molar-refractivity contribution in [3.63, 3.8) is 0 Å². The van der Waals surface area contributed by atoms with Crippen molar-refractivity contribution < 1.29 is 14.1 Å². The smallest absolute Gasteiger partial charge is 0.400 e. The van der Waals surface area contributed by atoms with Gasteiger partial charge in [0.25, 0.3) is 0 Å². The summed E-state index contributed by atoms with van der Waals surface area (Å²) in [5.41, 5.74) is 7.20. The Balaban J connectivity index is 2.37. The third-order valence-corrected chi connectivity index (χ3v) is 4.65. The average molecular weight is 341 g/mol. The van der Waals surface area contributed by atoms with E-state index >= 15 is 0 Å². The summed E-state index contributed by atoms with van der Waals surface area (Å²) in [5, 5.41) is 11.9. The van der Waals surface area contributed by atoms with Crippen molar-refractivity contribution in [3.8, 4) is 6.07 Å². The van der Waals surface area contributed by atoms with Crippen LogP contribution in [0.25, 0.3) is 6.08 Å². The third-order valence-electron chi connectivity index (χ3n) is 4.65. The van der Waals surface area contributed by atoms with Gasteiger partial charge in [-0.2, -0.15) is 5.26 Å². The molecule has 25 heavy (non-hydrogen) atoms. The van der Waals surface area contributed by atoms with Gasteiger partial charge in [-0.25, -0.2) is 0 Å². The van der Waals surface area contributed by atoms with Crippen LogP contribution >= 0.6 is 0 Å². The van der Waals surface area contributed by atoms with Gasteiger partial charge in [-0.15, -0.1) is 0 Å². The lowest BCUT2D eigenvalue weighted by Gasteiger charge is -2.32. The quantitative estimate of drug-likeness (QED) is 0.647. The van der Waals surface area contributed by atoms with E-state index in [9.17, 15) is 4.79 Å². The summed E-state index contributed by atoms with van der Waals surface area (Å²) in [5.74, 6) is -0.141. The molecule has 0 saturated carbocycles. The summed E-state index contributed by atoms with van der Waals surface area (Å²) in [7, 11) is -0.583. The zero-order valence-electron chi connectivity index (χ0n) is 15.3. The van der Waals surface area contributed by atoms with Crippen molar-refractivity contribution in [1.29, 1.82) is 5.26 Å². The van der Waals surface area contributed by atoms with Gasteiger partial charge in [0.2, 0.25) is 5.91 Å². The molecule has 1 aliphatic rings. The van der Waals surface area contributed by atoms with E-state index in [1.54, 1.807) is 12.1 Å². The molecule has 0 radical (unpaired) electrons. The Labute approximate surface area is 149 Å². The van der Waals surface area contributed by atoms with Crippen LogP contribution in [0.1, 0.15) is 45.7 Å². The Hall–Kier alpha value is -2.30. The van der Waals surface area contributed by atoms with Crippen LogP contribution < -0.4 is 11.1 Å². The van der Waals surface area contributed by atoms with E-state index in [2.05, 4.69) is 11.4 Å². The summed E-state index contributed by atoms with van der Waals surface area (Å²) >= 11 is 0. The van der Waals surface area contributed by atoms with E-state index in [1.165, 1.54) is 6.92 Å². The number of nitrogens with zero attached hydrogens (tertiary/aromatic N) is 1. The average Bonchev–Trinajstić information content (AvgIpc) is 2.73. The van der Waals surface area contributed by atoms with Gasteiger partial charge in [0, 0.05) is 19.2 Å². The zero-order chi connectivity index (χ0) is 18.8. The lowest BCUT2D eigenvalue weighted by atomic mass is 9.77. The number of carbonyl (C=O) groups excluding carboxylic acids is 1. The van der Waals surface area contributed by atoms with E-state index in [0.29, 0.717) is 17.8 Å². The molecule has 1 saturated heterocycles. The van der Waals surface area contributed by atoms with Crippen molar-refractivity contribution in [1.82, 2.24) is 5.32 Å². The summed E-state index contributed by atoms with van der Waals surface area (Å²) < 4.78 is 12.2. The molecular weight excluding hydrogens is 317 g/mol. The van der Waals surface area contributed by atoms with Gasteiger partial charge in [-0.1, -0.05) is 12.1 Å². The second kappa shape index (κ2) is 6.91. The van der Waals surface area contributed by atoms with Gasteiger partial charge >= 0.3 is 7.12 Å². The maximum absolute atomic E-state index is 11.3. The standard InChI is InChI=1S/C18H24BN3O3/c1-12(23)22-11-15(19-24-17(2,3)18(4,5)25-19)9-13-6-7-16(21)14(8-13)10-20/h6-9H,11,21H2,1-5H3,(H,22,23). The van der Waals surface area contributed by atoms with Crippen LogP contribution in [0.15, 0.2) is 23.7 Å². The van der Waals surface area contributed by atoms with Gasteiger partial charge in [0.15, 0.2) is 0 Å². The number of nitrogens with one attached hydrogen (secondary N) is 1. The van der Waals surface area contributed by atoms with Crippen LogP contribution in [0.2, 0.25) is 0 Å². The molecule has 0 unspecified atom stereocenters. The molecule has 0 bridgehead atoms. The molecule has 1 heterocycles. The first kappa shape index (κ1) is 19.0. The molecule has 1 aromatic rings. The van der Waals surface area contributed by atoms with E-state index in [4.69, 9.17) is 20.3 Å². The maximum Gasteiger partial charge on any atom is 0.492 e. The predicted molar refractivity (Wildman–Crippen MR) is 98.3 cm³/mol. The number of amides is 1. The first-order chi connectivity index (χ1) is 11.6. The first-order valence-corrected chi connectivity index (χ1v) is 8.16. The molecule has 6 nitrogen and oxygen atoms in total. The van der Waals surface area contributed by atoms with E-state index in [-0.39, 0.29) is 5.91 Å².